The summed E-state index contributed by atoms with van der Waals surface area (Å²) in [5, 5.41) is -0.321. The number of ether oxygens (including phenoxy) is 2. The summed E-state index contributed by atoms with van der Waals surface area (Å²) in [7, 11) is 1.32. The van der Waals surface area contributed by atoms with Crippen molar-refractivity contribution in [1.82, 2.24) is 4.98 Å². The van der Waals surface area contributed by atoms with Crippen LogP contribution in [0.25, 0.3) is 0 Å². The fraction of sp³-hybridized carbons (Fsp3) is 0.250. The van der Waals surface area contributed by atoms with E-state index in [0.29, 0.717) is 24.2 Å². The third-order valence-corrected chi connectivity index (χ3v) is 7.08. The van der Waals surface area contributed by atoms with Crippen LogP contribution in [-0.4, -0.2) is 24.7 Å². The van der Waals surface area contributed by atoms with Crippen LogP contribution >= 0.6 is 11.8 Å². The Morgan fingerprint density at radius 1 is 1.18 bits per heavy atom. The number of hydrogen-bond acceptors (Lipinski definition) is 6. The molecule has 0 amide bonds. The Balaban J connectivity index is 1.60. The third kappa shape index (κ3) is 3.90. The minimum atomic E-state index is -4.50. The minimum absolute atomic E-state index is 0.0556. The van der Waals surface area contributed by atoms with Crippen LogP contribution in [0, 0.1) is 0 Å². The molecule has 0 fully saturated rings. The van der Waals surface area contributed by atoms with Crippen LogP contribution < -0.4 is 9.64 Å². The number of nitrogens with zero attached hydrogens (tertiary/aromatic N) is 2. The van der Waals surface area contributed by atoms with Gasteiger partial charge in [-0.2, -0.15) is 13.2 Å². The highest BCUT2D eigenvalue weighted by molar-refractivity contribution is 8.00. The van der Waals surface area contributed by atoms with Crippen molar-refractivity contribution in [3.8, 4) is 5.75 Å². The lowest BCUT2D eigenvalue weighted by atomic mass is 9.97. The van der Waals surface area contributed by atoms with Gasteiger partial charge in [-0.15, -0.1) is 0 Å². The molecule has 2 aliphatic heterocycles. The third-order valence-electron chi connectivity index (χ3n) is 5.77. The second-order valence-electron chi connectivity index (χ2n) is 7.72. The number of carbonyl (C=O) groups excluding carboxylic acids is 1. The van der Waals surface area contributed by atoms with Crippen molar-refractivity contribution in [2.75, 3.05) is 18.6 Å². The van der Waals surface area contributed by atoms with Crippen LogP contribution in [0.15, 0.2) is 65.7 Å². The summed E-state index contributed by atoms with van der Waals surface area (Å²) in [6.07, 6.45) is -2.51. The van der Waals surface area contributed by atoms with Crippen molar-refractivity contribution in [3.63, 3.8) is 0 Å². The second kappa shape index (κ2) is 8.30. The van der Waals surface area contributed by atoms with Gasteiger partial charge in [0, 0.05) is 28.6 Å². The summed E-state index contributed by atoms with van der Waals surface area (Å²) in [4.78, 5) is 18.8. The summed E-state index contributed by atoms with van der Waals surface area (Å²) in [6.45, 7) is 0.524. The quantitative estimate of drug-likeness (QED) is 0.435. The Labute approximate surface area is 192 Å². The molecular weight excluding hydrogens is 453 g/mol. The molecule has 0 bridgehead atoms. The van der Waals surface area contributed by atoms with Crippen LogP contribution in [-0.2, 0) is 10.9 Å². The molecule has 5 nitrogen and oxygen atoms in total. The molecule has 170 valence electrons. The number of anilines is 1. The number of aromatic nitrogens is 1. The normalized spacial score (nSPS) is 19.5. The molecule has 9 heteroatoms. The van der Waals surface area contributed by atoms with Crippen molar-refractivity contribution in [2.24, 2.45) is 0 Å². The lowest BCUT2D eigenvalue weighted by molar-refractivity contribution is -0.141. The van der Waals surface area contributed by atoms with Crippen molar-refractivity contribution in [2.45, 2.75) is 28.9 Å². The van der Waals surface area contributed by atoms with Crippen LogP contribution in [0.1, 0.15) is 45.0 Å². The largest absolute Gasteiger partial charge is 0.493 e. The SMILES string of the molecule is COC(=O)c1ccc2c(c1)SC(c1ccc(C(F)(F)F)nc1)N2C1CCOc2ccccc21. The first-order valence-electron chi connectivity index (χ1n) is 10.3. The van der Waals surface area contributed by atoms with E-state index >= 15 is 0 Å². The fourth-order valence-corrected chi connectivity index (χ4v) is 5.64. The molecular formula is C24H19F3N2O3S. The van der Waals surface area contributed by atoms with Crippen molar-refractivity contribution < 1.29 is 27.4 Å². The number of fused-ring (bicyclic) bond motifs is 2. The summed E-state index contributed by atoms with van der Waals surface area (Å²) in [6, 6.07) is 15.5. The van der Waals surface area contributed by atoms with E-state index in [1.54, 1.807) is 12.1 Å². The average Bonchev–Trinajstić information content (AvgIpc) is 3.21. The summed E-state index contributed by atoms with van der Waals surface area (Å²) in [5.74, 6) is 0.351. The molecule has 0 radical (unpaired) electrons. The molecule has 2 aliphatic rings. The number of esters is 1. The van der Waals surface area contributed by atoms with Crippen LogP contribution in [0.2, 0.25) is 0 Å². The van der Waals surface area contributed by atoms with Gasteiger partial charge in [0.15, 0.2) is 0 Å². The van der Waals surface area contributed by atoms with Gasteiger partial charge in [-0.1, -0.05) is 36.0 Å². The first-order valence-corrected chi connectivity index (χ1v) is 11.2. The van der Waals surface area contributed by atoms with E-state index in [0.717, 1.165) is 28.0 Å². The maximum Gasteiger partial charge on any atom is 0.433 e. The fourth-order valence-electron chi connectivity index (χ4n) is 4.26. The molecule has 33 heavy (non-hydrogen) atoms. The summed E-state index contributed by atoms with van der Waals surface area (Å²) in [5.41, 5.74) is 2.05. The molecule has 2 unspecified atom stereocenters. The van der Waals surface area contributed by atoms with E-state index in [4.69, 9.17) is 9.47 Å². The van der Waals surface area contributed by atoms with Gasteiger partial charge in [-0.05, 0) is 30.3 Å². The second-order valence-corrected chi connectivity index (χ2v) is 8.84. The van der Waals surface area contributed by atoms with E-state index in [9.17, 15) is 18.0 Å². The van der Waals surface area contributed by atoms with E-state index in [2.05, 4.69) is 9.88 Å². The van der Waals surface area contributed by atoms with Gasteiger partial charge in [0.25, 0.3) is 0 Å². The smallest absolute Gasteiger partial charge is 0.433 e. The van der Waals surface area contributed by atoms with E-state index < -0.39 is 17.8 Å². The number of benzene rings is 2. The van der Waals surface area contributed by atoms with Crippen molar-refractivity contribution in [1.29, 1.82) is 0 Å². The Morgan fingerprint density at radius 3 is 2.73 bits per heavy atom. The molecule has 2 atom stereocenters. The highest BCUT2D eigenvalue weighted by Gasteiger charge is 2.40. The Kier molecular flexibility index (Phi) is 5.44. The molecule has 0 saturated carbocycles. The van der Waals surface area contributed by atoms with Gasteiger partial charge in [0.1, 0.15) is 16.8 Å². The number of alkyl halides is 3. The molecule has 3 aromatic rings. The predicted molar refractivity (Wildman–Crippen MR) is 117 cm³/mol. The predicted octanol–water partition coefficient (Wildman–Crippen LogP) is 6.02. The number of rotatable bonds is 3. The van der Waals surface area contributed by atoms with Crippen LogP contribution in [0.4, 0.5) is 18.9 Å². The molecule has 0 spiro atoms. The highest BCUT2D eigenvalue weighted by atomic mass is 32.2. The Bertz CT molecular complexity index is 1200. The molecule has 1 aromatic heterocycles. The maximum atomic E-state index is 13.1. The monoisotopic (exact) mass is 472 g/mol. The van der Waals surface area contributed by atoms with E-state index in [1.807, 2.05) is 30.3 Å². The standard InChI is InChI=1S/C24H19F3N2O3S/c1-31-23(30)14-6-8-18-20(12-14)33-22(15-7-9-21(28-13-15)24(25,26)27)29(18)17-10-11-32-19-5-3-2-4-16(17)19/h2-9,12-13,17,22H,10-11H2,1H3. The zero-order valence-electron chi connectivity index (χ0n) is 17.5. The minimum Gasteiger partial charge on any atom is -0.493 e. The number of halogens is 3. The zero-order chi connectivity index (χ0) is 23.2. The maximum absolute atomic E-state index is 13.1. The molecule has 0 N–H and O–H groups in total. The van der Waals surface area contributed by atoms with Crippen molar-refractivity contribution >= 4 is 23.4 Å². The molecule has 3 heterocycles. The van der Waals surface area contributed by atoms with Gasteiger partial charge >= 0.3 is 12.1 Å². The topological polar surface area (TPSA) is 51.7 Å². The Morgan fingerprint density at radius 2 is 2.00 bits per heavy atom. The zero-order valence-corrected chi connectivity index (χ0v) is 18.3. The average molecular weight is 472 g/mol. The number of hydrogen-bond donors (Lipinski definition) is 0. The molecule has 2 aromatic carbocycles. The number of methoxy groups -OCH3 is 1. The lowest BCUT2D eigenvalue weighted by Gasteiger charge is -2.38. The number of para-hydroxylation sites is 1. The summed E-state index contributed by atoms with van der Waals surface area (Å²) >= 11 is 1.48. The van der Waals surface area contributed by atoms with Gasteiger partial charge in [-0.3, -0.25) is 4.98 Å². The van der Waals surface area contributed by atoms with Crippen LogP contribution in [0.5, 0.6) is 5.75 Å². The van der Waals surface area contributed by atoms with Gasteiger partial charge < -0.3 is 14.4 Å². The lowest BCUT2D eigenvalue weighted by Crippen LogP contribution is -2.32. The van der Waals surface area contributed by atoms with Crippen LogP contribution in [0.3, 0.4) is 0 Å². The number of carbonyl (C=O) groups is 1. The van der Waals surface area contributed by atoms with E-state index in [1.165, 1.54) is 31.1 Å². The molecule has 5 rings (SSSR count). The Hall–Kier alpha value is -3.20. The van der Waals surface area contributed by atoms with Gasteiger partial charge in [0.05, 0.1) is 31.0 Å². The number of pyridine rings is 1. The van der Waals surface area contributed by atoms with E-state index in [-0.39, 0.29) is 11.4 Å². The number of thioether (sulfide) groups is 1. The van der Waals surface area contributed by atoms with Gasteiger partial charge in [0.2, 0.25) is 0 Å². The summed E-state index contributed by atoms with van der Waals surface area (Å²) < 4.78 is 49.9. The molecule has 0 saturated heterocycles. The van der Waals surface area contributed by atoms with Crippen molar-refractivity contribution in [3.05, 3.63) is 83.2 Å². The first kappa shape index (κ1) is 21.6. The molecule has 0 aliphatic carbocycles. The first-order chi connectivity index (χ1) is 15.9. The van der Waals surface area contributed by atoms with Gasteiger partial charge in [-0.25, -0.2) is 4.79 Å². The highest BCUT2D eigenvalue weighted by Crippen LogP contribution is 2.56.